The summed E-state index contributed by atoms with van der Waals surface area (Å²) in [4.78, 5) is 20.2. The van der Waals surface area contributed by atoms with Crippen molar-refractivity contribution >= 4 is 12.1 Å². The minimum absolute atomic E-state index is 0.0880. The summed E-state index contributed by atoms with van der Waals surface area (Å²) in [5.41, 5.74) is 0. The number of allylic oxidation sites excluding steroid dienone is 2. The third-order valence-electron chi connectivity index (χ3n) is 0.786. The molecule has 0 aliphatic carbocycles. The number of rotatable bonds is 3. The molecule has 0 aromatic carbocycles. The van der Waals surface area contributed by atoms with Crippen LogP contribution in [-0.2, 0) is 14.3 Å². The first-order valence-corrected chi connectivity index (χ1v) is 2.42. The Balaban J connectivity index is 4.14. The molecule has 0 unspecified atom stereocenters. The Morgan fingerprint density at radius 2 is 2.11 bits per heavy atom. The van der Waals surface area contributed by atoms with Gasteiger partial charge in [0.25, 0.3) is 0 Å². The van der Waals surface area contributed by atoms with Crippen molar-refractivity contribution in [3.63, 3.8) is 0 Å². The van der Waals surface area contributed by atoms with Gasteiger partial charge in [0.05, 0.1) is 7.11 Å². The number of aldehydes is 1. The van der Waals surface area contributed by atoms with Gasteiger partial charge in [-0.3, -0.25) is 9.59 Å². The number of methoxy groups -OCH3 is 1. The van der Waals surface area contributed by atoms with Gasteiger partial charge in [0.1, 0.15) is 6.29 Å². The lowest BCUT2D eigenvalue weighted by Crippen LogP contribution is -1.98. The number of hydrogen-bond acceptors (Lipinski definition) is 3. The van der Waals surface area contributed by atoms with Crippen molar-refractivity contribution in [3.05, 3.63) is 11.8 Å². The topological polar surface area (TPSA) is 43.4 Å². The van der Waals surface area contributed by atoms with Gasteiger partial charge in [-0.1, -0.05) is 0 Å². The maximum atomic E-state index is 10.4. The fourth-order valence-corrected chi connectivity index (χ4v) is 0.391. The van der Waals surface area contributed by atoms with E-state index in [-0.39, 0.29) is 11.5 Å². The number of ketones is 1. The monoisotopic (exact) mass is 128 g/mol. The summed E-state index contributed by atoms with van der Waals surface area (Å²) in [5, 5.41) is 0. The van der Waals surface area contributed by atoms with Crippen LogP contribution in [0.2, 0.25) is 0 Å². The van der Waals surface area contributed by atoms with Crippen molar-refractivity contribution in [2.24, 2.45) is 0 Å². The van der Waals surface area contributed by atoms with Crippen LogP contribution in [0.4, 0.5) is 0 Å². The van der Waals surface area contributed by atoms with Crippen LogP contribution in [0.25, 0.3) is 0 Å². The maximum Gasteiger partial charge on any atom is 0.194 e. The Kier molecular flexibility index (Phi) is 3.35. The van der Waals surface area contributed by atoms with Crippen LogP contribution in [0.1, 0.15) is 6.92 Å². The first kappa shape index (κ1) is 7.88. The molecule has 0 rings (SSSR count). The van der Waals surface area contributed by atoms with Gasteiger partial charge < -0.3 is 4.74 Å². The van der Waals surface area contributed by atoms with E-state index >= 15 is 0 Å². The van der Waals surface area contributed by atoms with E-state index in [1.807, 2.05) is 0 Å². The molecule has 0 N–H and O–H groups in total. The van der Waals surface area contributed by atoms with Crippen molar-refractivity contribution in [1.29, 1.82) is 0 Å². The lowest BCUT2D eigenvalue weighted by Gasteiger charge is -1.96. The first-order valence-electron chi connectivity index (χ1n) is 2.42. The molecule has 0 aliphatic rings. The van der Waals surface area contributed by atoms with Crippen LogP contribution in [0.5, 0.6) is 0 Å². The summed E-state index contributed by atoms with van der Waals surface area (Å²) in [6.07, 6.45) is 1.60. The summed E-state index contributed by atoms with van der Waals surface area (Å²) in [7, 11) is 1.34. The highest BCUT2D eigenvalue weighted by molar-refractivity contribution is 5.94. The van der Waals surface area contributed by atoms with Gasteiger partial charge in [-0.25, -0.2) is 0 Å². The maximum absolute atomic E-state index is 10.4. The molecule has 50 valence electrons. The van der Waals surface area contributed by atoms with Gasteiger partial charge in [-0.05, 0) is 0 Å². The second-order valence-corrected chi connectivity index (χ2v) is 1.43. The summed E-state index contributed by atoms with van der Waals surface area (Å²) in [6, 6.07) is 0. The van der Waals surface area contributed by atoms with E-state index in [4.69, 9.17) is 0 Å². The lowest BCUT2D eigenvalue weighted by atomic mass is 10.3. The molecule has 0 fully saturated rings. The molecule has 3 heteroatoms. The van der Waals surface area contributed by atoms with E-state index in [0.29, 0.717) is 6.29 Å². The third kappa shape index (κ3) is 2.64. The second kappa shape index (κ2) is 3.83. The highest BCUT2D eigenvalue weighted by Crippen LogP contribution is 1.93. The predicted octanol–water partition coefficient (Wildman–Crippen LogP) is 0.305. The molecule has 0 amide bonds. The fourth-order valence-electron chi connectivity index (χ4n) is 0.391. The Morgan fingerprint density at radius 1 is 1.56 bits per heavy atom. The molecule has 0 radical (unpaired) electrons. The van der Waals surface area contributed by atoms with Gasteiger partial charge in [-0.2, -0.15) is 0 Å². The highest BCUT2D eigenvalue weighted by Gasteiger charge is 1.99. The average Bonchev–Trinajstić information content (AvgIpc) is 1.82. The van der Waals surface area contributed by atoms with Gasteiger partial charge in [-0.15, -0.1) is 0 Å². The Bertz CT molecular complexity index is 146. The Hall–Kier alpha value is -1.12. The van der Waals surface area contributed by atoms with Crippen LogP contribution < -0.4 is 0 Å². The number of Topliss-reactive ketones (excluding diaryl/α,β-unsaturated/α-hetero) is 1. The number of hydrogen-bond donors (Lipinski definition) is 0. The molecule has 3 nitrogen and oxygen atoms in total. The van der Waals surface area contributed by atoms with E-state index in [9.17, 15) is 9.59 Å². The number of ether oxygens (including phenoxy) is 1. The van der Waals surface area contributed by atoms with E-state index < -0.39 is 0 Å². The smallest absolute Gasteiger partial charge is 0.194 e. The number of carbonyl (C=O) groups excluding carboxylic acids is 2. The Morgan fingerprint density at radius 3 is 2.22 bits per heavy atom. The zero-order valence-corrected chi connectivity index (χ0v) is 5.38. The van der Waals surface area contributed by atoms with Crippen molar-refractivity contribution in [2.75, 3.05) is 7.11 Å². The molecule has 0 saturated carbocycles. The van der Waals surface area contributed by atoms with Crippen LogP contribution in [0.15, 0.2) is 11.8 Å². The van der Waals surface area contributed by atoms with Crippen molar-refractivity contribution in [1.82, 2.24) is 0 Å². The quantitative estimate of drug-likeness (QED) is 0.312. The van der Waals surface area contributed by atoms with Gasteiger partial charge in [0.15, 0.2) is 11.5 Å². The van der Waals surface area contributed by atoms with E-state index in [0.717, 1.165) is 6.08 Å². The van der Waals surface area contributed by atoms with Crippen LogP contribution in [0, 0.1) is 0 Å². The van der Waals surface area contributed by atoms with Gasteiger partial charge >= 0.3 is 0 Å². The molecule has 0 bridgehead atoms. The molecule has 0 spiro atoms. The summed E-state index contributed by atoms with van der Waals surface area (Å²) in [5.74, 6) is -0.158. The Labute approximate surface area is 53.3 Å². The molecule has 0 aliphatic heterocycles. The normalized spacial score (nSPS) is 10.7. The minimum Gasteiger partial charge on any atom is -0.493 e. The average molecular weight is 128 g/mol. The molecule has 0 aromatic heterocycles. The predicted molar refractivity (Wildman–Crippen MR) is 31.8 cm³/mol. The van der Waals surface area contributed by atoms with E-state index in [1.165, 1.54) is 14.0 Å². The number of carbonyl (C=O) groups is 2. The van der Waals surface area contributed by atoms with E-state index in [1.54, 1.807) is 0 Å². The molecule has 9 heavy (non-hydrogen) atoms. The van der Waals surface area contributed by atoms with Gasteiger partial charge in [0.2, 0.25) is 0 Å². The standard InChI is InChI=1S/C6H8O3/c1-5(8)6(9-2)3-4-7/h3-4H,1-2H3/b6-3+. The van der Waals surface area contributed by atoms with Crippen molar-refractivity contribution in [2.45, 2.75) is 6.92 Å². The van der Waals surface area contributed by atoms with Crippen molar-refractivity contribution in [3.8, 4) is 0 Å². The molecule has 0 saturated heterocycles. The molecular weight excluding hydrogens is 120 g/mol. The minimum atomic E-state index is -0.246. The molecule has 0 atom stereocenters. The zero-order chi connectivity index (χ0) is 7.28. The molecule has 0 aromatic rings. The largest absolute Gasteiger partial charge is 0.493 e. The van der Waals surface area contributed by atoms with Crippen LogP contribution in [0.3, 0.4) is 0 Å². The van der Waals surface area contributed by atoms with Crippen molar-refractivity contribution < 1.29 is 14.3 Å². The highest BCUT2D eigenvalue weighted by atomic mass is 16.5. The first-order chi connectivity index (χ1) is 4.22. The van der Waals surface area contributed by atoms with E-state index in [2.05, 4.69) is 4.74 Å². The zero-order valence-electron chi connectivity index (χ0n) is 5.38. The molecular formula is C6H8O3. The van der Waals surface area contributed by atoms with Crippen LogP contribution in [-0.4, -0.2) is 19.2 Å². The summed E-state index contributed by atoms with van der Waals surface area (Å²) in [6.45, 7) is 1.33. The summed E-state index contributed by atoms with van der Waals surface area (Å²) < 4.78 is 4.53. The fraction of sp³-hybridized carbons (Fsp3) is 0.333. The van der Waals surface area contributed by atoms with Gasteiger partial charge in [0, 0.05) is 13.0 Å². The van der Waals surface area contributed by atoms with Crippen LogP contribution >= 0.6 is 0 Å². The summed E-state index contributed by atoms with van der Waals surface area (Å²) >= 11 is 0. The SMILES string of the molecule is CO/C(=C/C=O)C(C)=O. The lowest BCUT2D eigenvalue weighted by molar-refractivity contribution is -0.116. The molecule has 0 heterocycles. The second-order valence-electron chi connectivity index (χ2n) is 1.43. The third-order valence-corrected chi connectivity index (χ3v) is 0.786.